The number of anilines is 1. The molecular weight excluding hydrogens is 308 g/mol. The second kappa shape index (κ2) is 4.77. The Morgan fingerprint density at radius 1 is 1.47 bits per heavy atom. The van der Waals surface area contributed by atoms with Crippen molar-refractivity contribution >= 4 is 38.6 Å². The van der Waals surface area contributed by atoms with Crippen LogP contribution in [0.5, 0.6) is 0 Å². The van der Waals surface area contributed by atoms with Gasteiger partial charge in [-0.25, -0.2) is 0 Å². The van der Waals surface area contributed by atoms with Gasteiger partial charge >= 0.3 is 0 Å². The molecule has 1 aliphatic rings. The van der Waals surface area contributed by atoms with Gasteiger partial charge in [0.25, 0.3) is 0 Å². The predicted molar refractivity (Wildman–Crippen MR) is 76.8 cm³/mol. The fourth-order valence-corrected chi connectivity index (χ4v) is 2.78. The summed E-state index contributed by atoms with van der Waals surface area (Å²) in [6.07, 6.45) is 4.33. The van der Waals surface area contributed by atoms with Crippen molar-refractivity contribution in [1.29, 1.82) is 0 Å². The number of nitrogens with two attached hydrogens (primary N) is 1. The number of rotatable bonds is 2. The predicted octanol–water partition coefficient (Wildman–Crippen LogP) is 1.70. The topological polar surface area (TPSA) is 72.1 Å². The number of amides is 1. The van der Waals surface area contributed by atoms with Crippen LogP contribution in [-0.4, -0.2) is 29.0 Å². The summed E-state index contributed by atoms with van der Waals surface area (Å²) < 4.78 is 0.904. The molecule has 2 N–H and O–H groups in total. The molecule has 19 heavy (non-hydrogen) atoms. The van der Waals surface area contributed by atoms with Gasteiger partial charge in [0.1, 0.15) is 5.52 Å². The first-order valence-corrected chi connectivity index (χ1v) is 6.89. The molecule has 6 heteroatoms. The van der Waals surface area contributed by atoms with Gasteiger partial charge < -0.3 is 10.6 Å². The van der Waals surface area contributed by atoms with Crippen LogP contribution in [0.2, 0.25) is 0 Å². The number of pyridine rings is 2. The molecule has 98 valence electrons. The Hall–Kier alpha value is -1.69. The SMILES string of the molecule is NC(=O)C1CCN(c2ccnc3cc(Br)cnc23)C1. The third-order valence-corrected chi connectivity index (χ3v) is 3.89. The summed E-state index contributed by atoms with van der Waals surface area (Å²) in [6.45, 7) is 1.48. The highest BCUT2D eigenvalue weighted by atomic mass is 79.9. The highest BCUT2D eigenvalue weighted by molar-refractivity contribution is 9.10. The van der Waals surface area contributed by atoms with Crippen molar-refractivity contribution in [2.75, 3.05) is 18.0 Å². The van der Waals surface area contributed by atoms with Crippen LogP contribution in [-0.2, 0) is 4.79 Å². The van der Waals surface area contributed by atoms with Gasteiger partial charge in [-0.05, 0) is 34.5 Å². The number of carbonyl (C=O) groups excluding carboxylic acids is 1. The zero-order valence-electron chi connectivity index (χ0n) is 10.2. The minimum Gasteiger partial charge on any atom is -0.369 e. The van der Waals surface area contributed by atoms with Crippen LogP contribution < -0.4 is 10.6 Å². The number of hydrogen-bond acceptors (Lipinski definition) is 4. The Labute approximate surface area is 119 Å². The Balaban J connectivity index is 2.00. The summed E-state index contributed by atoms with van der Waals surface area (Å²) in [7, 11) is 0. The molecule has 0 saturated carbocycles. The Bertz CT molecular complexity index is 646. The lowest BCUT2D eigenvalue weighted by molar-refractivity contribution is -0.121. The van der Waals surface area contributed by atoms with Crippen LogP contribution in [0.3, 0.4) is 0 Å². The molecule has 0 bridgehead atoms. The molecule has 5 nitrogen and oxygen atoms in total. The van der Waals surface area contributed by atoms with E-state index >= 15 is 0 Å². The van der Waals surface area contributed by atoms with Crippen LogP contribution >= 0.6 is 15.9 Å². The van der Waals surface area contributed by atoms with Gasteiger partial charge in [-0.2, -0.15) is 0 Å². The molecule has 2 aromatic rings. The first kappa shape index (κ1) is 12.3. The van der Waals surface area contributed by atoms with Crippen molar-refractivity contribution in [3.63, 3.8) is 0 Å². The highest BCUT2D eigenvalue weighted by Crippen LogP contribution is 2.29. The maximum Gasteiger partial charge on any atom is 0.222 e. The van der Waals surface area contributed by atoms with Crippen molar-refractivity contribution in [2.24, 2.45) is 11.7 Å². The lowest BCUT2D eigenvalue weighted by Gasteiger charge is -2.19. The maximum atomic E-state index is 11.2. The molecule has 1 aliphatic heterocycles. The van der Waals surface area contributed by atoms with Crippen LogP contribution in [0, 0.1) is 5.92 Å². The molecule has 0 spiro atoms. The van der Waals surface area contributed by atoms with Gasteiger partial charge in [-0.15, -0.1) is 0 Å². The third kappa shape index (κ3) is 2.28. The van der Waals surface area contributed by atoms with Crippen molar-refractivity contribution in [2.45, 2.75) is 6.42 Å². The summed E-state index contributed by atoms with van der Waals surface area (Å²) >= 11 is 3.39. The number of hydrogen-bond donors (Lipinski definition) is 1. The molecule has 1 unspecified atom stereocenters. The summed E-state index contributed by atoms with van der Waals surface area (Å²) in [5.74, 6) is -0.296. The summed E-state index contributed by atoms with van der Waals surface area (Å²) in [5, 5.41) is 0. The molecule has 3 heterocycles. The molecule has 1 saturated heterocycles. The fourth-order valence-electron chi connectivity index (χ4n) is 2.46. The van der Waals surface area contributed by atoms with Gasteiger partial charge in [-0.1, -0.05) is 0 Å². The molecule has 0 radical (unpaired) electrons. The molecule has 0 aromatic carbocycles. The summed E-state index contributed by atoms with van der Waals surface area (Å²) in [4.78, 5) is 22.1. The standard InChI is InChI=1S/C13H13BrN4O/c14-9-5-10-12(17-6-9)11(1-3-16-10)18-4-2-8(7-18)13(15)19/h1,3,5-6,8H,2,4,7H2,(H2,15,19). The number of primary amides is 1. The van der Waals surface area contributed by atoms with E-state index in [0.29, 0.717) is 6.54 Å². The molecule has 2 aromatic heterocycles. The monoisotopic (exact) mass is 320 g/mol. The van der Waals surface area contributed by atoms with Gasteiger partial charge in [0.05, 0.1) is 17.1 Å². The molecular formula is C13H13BrN4O. The molecule has 1 fully saturated rings. The van der Waals surface area contributed by atoms with Crippen LogP contribution in [0.1, 0.15) is 6.42 Å². The van der Waals surface area contributed by atoms with Crippen LogP contribution in [0.25, 0.3) is 11.0 Å². The van der Waals surface area contributed by atoms with E-state index in [9.17, 15) is 4.79 Å². The molecule has 1 atom stereocenters. The Morgan fingerprint density at radius 2 is 2.32 bits per heavy atom. The first-order valence-electron chi connectivity index (χ1n) is 6.09. The van der Waals surface area contributed by atoms with E-state index in [4.69, 9.17) is 5.73 Å². The summed E-state index contributed by atoms with van der Waals surface area (Å²) in [5.41, 5.74) is 8.09. The number of aromatic nitrogens is 2. The lowest BCUT2D eigenvalue weighted by Crippen LogP contribution is -2.27. The zero-order valence-corrected chi connectivity index (χ0v) is 11.8. The minimum absolute atomic E-state index is 0.0707. The second-order valence-electron chi connectivity index (χ2n) is 4.69. The average molecular weight is 321 g/mol. The minimum atomic E-state index is -0.225. The van der Waals surface area contributed by atoms with E-state index in [2.05, 4.69) is 30.8 Å². The smallest absolute Gasteiger partial charge is 0.222 e. The second-order valence-corrected chi connectivity index (χ2v) is 5.60. The molecule has 3 rings (SSSR count). The third-order valence-electron chi connectivity index (χ3n) is 3.45. The summed E-state index contributed by atoms with van der Waals surface area (Å²) in [6, 6.07) is 3.88. The van der Waals surface area contributed by atoms with Gasteiger partial charge in [0, 0.05) is 30.0 Å². The van der Waals surface area contributed by atoms with Gasteiger partial charge in [0.2, 0.25) is 5.91 Å². The Morgan fingerprint density at radius 3 is 3.05 bits per heavy atom. The van der Waals surface area contributed by atoms with E-state index in [0.717, 1.165) is 34.2 Å². The quantitative estimate of drug-likeness (QED) is 0.914. The van der Waals surface area contributed by atoms with Crippen molar-refractivity contribution in [3.05, 3.63) is 29.0 Å². The molecule has 1 amide bonds. The highest BCUT2D eigenvalue weighted by Gasteiger charge is 2.27. The number of fused-ring (bicyclic) bond motifs is 1. The first-order chi connectivity index (χ1) is 9.15. The average Bonchev–Trinajstić information content (AvgIpc) is 2.87. The number of carbonyl (C=O) groups is 1. The van der Waals surface area contributed by atoms with Crippen molar-refractivity contribution in [3.8, 4) is 0 Å². The number of halogens is 1. The van der Waals surface area contributed by atoms with Gasteiger partial charge in [-0.3, -0.25) is 14.8 Å². The van der Waals surface area contributed by atoms with E-state index in [1.54, 1.807) is 12.4 Å². The van der Waals surface area contributed by atoms with Crippen LogP contribution in [0.15, 0.2) is 29.0 Å². The van der Waals surface area contributed by atoms with E-state index < -0.39 is 0 Å². The van der Waals surface area contributed by atoms with Crippen molar-refractivity contribution in [1.82, 2.24) is 9.97 Å². The fraction of sp³-hybridized carbons (Fsp3) is 0.308. The van der Waals surface area contributed by atoms with Crippen molar-refractivity contribution < 1.29 is 4.79 Å². The maximum absolute atomic E-state index is 11.2. The lowest BCUT2D eigenvalue weighted by atomic mass is 10.1. The largest absolute Gasteiger partial charge is 0.369 e. The Kier molecular flexibility index (Phi) is 3.10. The molecule has 0 aliphatic carbocycles. The van der Waals surface area contributed by atoms with E-state index in [1.807, 2.05) is 12.1 Å². The number of nitrogens with zero attached hydrogens (tertiary/aromatic N) is 3. The normalized spacial score (nSPS) is 19.0. The van der Waals surface area contributed by atoms with Gasteiger partial charge in [0.15, 0.2) is 0 Å². The zero-order chi connectivity index (χ0) is 13.4. The van der Waals surface area contributed by atoms with E-state index in [-0.39, 0.29) is 11.8 Å². The van der Waals surface area contributed by atoms with Crippen LogP contribution in [0.4, 0.5) is 5.69 Å². The van der Waals surface area contributed by atoms with E-state index in [1.165, 1.54) is 0 Å².